The van der Waals surface area contributed by atoms with Crippen LogP contribution in [0.2, 0.25) is 0 Å². The minimum absolute atomic E-state index is 0.0824. The first-order valence-electron chi connectivity index (χ1n) is 7.47. The van der Waals surface area contributed by atoms with Crippen LogP contribution in [0.1, 0.15) is 12.8 Å². The number of nitrogens with one attached hydrogen (secondary N) is 2. The number of piperazine rings is 1. The molecule has 0 aliphatic carbocycles. The van der Waals surface area contributed by atoms with Crippen molar-refractivity contribution >= 4 is 23.5 Å². The summed E-state index contributed by atoms with van der Waals surface area (Å²) in [4.78, 5) is 36.1. The normalized spacial score (nSPS) is 22.5. The second-order valence-electron chi connectivity index (χ2n) is 5.70. The Kier molecular flexibility index (Phi) is 4.19. The number of carbonyl (C=O) groups is 2. The molecule has 2 aliphatic rings. The van der Waals surface area contributed by atoms with E-state index in [-0.39, 0.29) is 11.8 Å². The van der Waals surface area contributed by atoms with E-state index in [9.17, 15) is 9.59 Å². The molecular weight excluding hydrogens is 284 g/mol. The van der Waals surface area contributed by atoms with E-state index in [1.54, 1.807) is 6.07 Å². The summed E-state index contributed by atoms with van der Waals surface area (Å²) in [6.07, 6.45) is 2.38. The molecule has 0 saturated carbocycles. The molecule has 2 fully saturated rings. The lowest BCUT2D eigenvalue weighted by Gasteiger charge is -2.33. The van der Waals surface area contributed by atoms with Gasteiger partial charge in [0.15, 0.2) is 0 Å². The third-order valence-electron chi connectivity index (χ3n) is 4.04. The van der Waals surface area contributed by atoms with Gasteiger partial charge in [-0.1, -0.05) is 0 Å². The molecule has 3 rings (SSSR count). The van der Waals surface area contributed by atoms with Crippen LogP contribution in [0.4, 0.5) is 11.6 Å². The quantitative estimate of drug-likeness (QED) is 0.778. The van der Waals surface area contributed by atoms with Gasteiger partial charge in [0.25, 0.3) is 0 Å². The summed E-state index contributed by atoms with van der Waals surface area (Å²) in [7, 11) is 2.10. The number of amides is 2. The predicted octanol–water partition coefficient (Wildman–Crippen LogP) is -0.554. The maximum Gasteiger partial charge on any atom is 0.248 e. The van der Waals surface area contributed by atoms with Crippen molar-refractivity contribution in [1.29, 1.82) is 0 Å². The van der Waals surface area contributed by atoms with Gasteiger partial charge < -0.3 is 20.4 Å². The summed E-state index contributed by atoms with van der Waals surface area (Å²) in [6, 6.07) is 1.31. The number of nitrogens with zero attached hydrogens (tertiary/aromatic N) is 4. The van der Waals surface area contributed by atoms with Gasteiger partial charge in [0.2, 0.25) is 11.8 Å². The minimum Gasteiger partial charge on any atom is -0.354 e. The van der Waals surface area contributed by atoms with Crippen LogP contribution < -0.4 is 15.5 Å². The molecule has 0 aromatic carbocycles. The van der Waals surface area contributed by atoms with Crippen LogP contribution in [0, 0.1) is 0 Å². The van der Waals surface area contributed by atoms with Crippen molar-refractivity contribution in [3.8, 4) is 0 Å². The number of likely N-dealkylation sites (N-methyl/N-ethyl adjacent to an activating group) is 1. The summed E-state index contributed by atoms with van der Waals surface area (Å²) < 4.78 is 0. The Morgan fingerprint density at radius 2 is 2.09 bits per heavy atom. The molecule has 1 aromatic rings. The predicted molar refractivity (Wildman–Crippen MR) is 81.5 cm³/mol. The molecule has 2 aliphatic heterocycles. The van der Waals surface area contributed by atoms with Crippen molar-refractivity contribution in [2.24, 2.45) is 0 Å². The molecule has 1 aromatic heterocycles. The molecule has 3 heterocycles. The van der Waals surface area contributed by atoms with Gasteiger partial charge >= 0.3 is 0 Å². The van der Waals surface area contributed by atoms with E-state index in [0.29, 0.717) is 18.7 Å². The summed E-state index contributed by atoms with van der Waals surface area (Å²) >= 11 is 0. The van der Waals surface area contributed by atoms with Crippen molar-refractivity contribution < 1.29 is 9.59 Å². The van der Waals surface area contributed by atoms with E-state index in [2.05, 4.69) is 37.4 Å². The Hall–Kier alpha value is -2.22. The third-order valence-corrected chi connectivity index (χ3v) is 4.04. The van der Waals surface area contributed by atoms with Crippen molar-refractivity contribution in [3.05, 3.63) is 12.4 Å². The fraction of sp³-hybridized carbons (Fsp3) is 0.571. The first-order valence-corrected chi connectivity index (χ1v) is 7.47. The van der Waals surface area contributed by atoms with Gasteiger partial charge in [0, 0.05) is 38.7 Å². The van der Waals surface area contributed by atoms with Crippen LogP contribution in [-0.4, -0.2) is 66.0 Å². The maximum absolute atomic E-state index is 12.1. The van der Waals surface area contributed by atoms with E-state index in [1.165, 1.54) is 6.33 Å². The average Bonchev–Trinajstić information content (AvgIpc) is 2.95. The van der Waals surface area contributed by atoms with E-state index < -0.39 is 6.04 Å². The summed E-state index contributed by atoms with van der Waals surface area (Å²) in [5.41, 5.74) is 0. The van der Waals surface area contributed by atoms with Crippen molar-refractivity contribution in [2.45, 2.75) is 18.9 Å². The van der Waals surface area contributed by atoms with E-state index >= 15 is 0 Å². The molecule has 1 unspecified atom stereocenters. The molecule has 2 N–H and O–H groups in total. The lowest BCUT2D eigenvalue weighted by Crippen LogP contribution is -2.44. The molecule has 118 valence electrons. The zero-order valence-corrected chi connectivity index (χ0v) is 12.6. The van der Waals surface area contributed by atoms with Crippen molar-refractivity contribution in [1.82, 2.24) is 20.2 Å². The van der Waals surface area contributed by atoms with Crippen LogP contribution >= 0.6 is 0 Å². The standard InChI is InChI=1S/C14H20N6O2/c1-19-4-6-20(7-5-19)12-8-11(15-9-16-12)18-14(22)10-2-3-13(21)17-10/h8-10H,2-7H2,1H3,(H,17,21)(H,15,16,18,22). The second kappa shape index (κ2) is 6.27. The Bertz CT molecular complexity index is 570. The van der Waals surface area contributed by atoms with Gasteiger partial charge in [-0.3, -0.25) is 9.59 Å². The van der Waals surface area contributed by atoms with Crippen LogP contribution in [0.5, 0.6) is 0 Å². The smallest absolute Gasteiger partial charge is 0.248 e. The Morgan fingerprint density at radius 3 is 2.77 bits per heavy atom. The number of aromatic nitrogens is 2. The van der Waals surface area contributed by atoms with Gasteiger partial charge in [-0.15, -0.1) is 0 Å². The van der Waals surface area contributed by atoms with Crippen LogP contribution in [0.15, 0.2) is 12.4 Å². The highest BCUT2D eigenvalue weighted by molar-refractivity contribution is 5.98. The van der Waals surface area contributed by atoms with Crippen molar-refractivity contribution in [3.63, 3.8) is 0 Å². The first-order chi connectivity index (χ1) is 10.6. The highest BCUT2D eigenvalue weighted by Crippen LogP contribution is 2.16. The largest absolute Gasteiger partial charge is 0.354 e. The number of hydrogen-bond acceptors (Lipinski definition) is 6. The molecule has 0 radical (unpaired) electrons. The third kappa shape index (κ3) is 3.33. The molecule has 8 nitrogen and oxygen atoms in total. The highest BCUT2D eigenvalue weighted by atomic mass is 16.2. The lowest BCUT2D eigenvalue weighted by molar-refractivity contribution is -0.122. The lowest BCUT2D eigenvalue weighted by atomic mass is 10.2. The van der Waals surface area contributed by atoms with Gasteiger partial charge in [0.05, 0.1) is 0 Å². The SMILES string of the molecule is CN1CCN(c2cc(NC(=O)C3CCC(=O)N3)ncn2)CC1. The van der Waals surface area contributed by atoms with Gasteiger partial charge in [-0.2, -0.15) is 0 Å². The number of hydrogen-bond donors (Lipinski definition) is 2. The monoisotopic (exact) mass is 304 g/mol. The number of carbonyl (C=O) groups excluding carboxylic acids is 2. The fourth-order valence-electron chi connectivity index (χ4n) is 2.65. The zero-order chi connectivity index (χ0) is 15.5. The average molecular weight is 304 g/mol. The number of anilines is 2. The first kappa shape index (κ1) is 14.7. The van der Waals surface area contributed by atoms with E-state index in [0.717, 1.165) is 32.0 Å². The van der Waals surface area contributed by atoms with Crippen LogP contribution in [0.3, 0.4) is 0 Å². The molecule has 0 spiro atoms. The Morgan fingerprint density at radius 1 is 1.32 bits per heavy atom. The Labute approximate surface area is 128 Å². The number of rotatable bonds is 3. The second-order valence-corrected chi connectivity index (χ2v) is 5.70. The molecule has 2 amide bonds. The molecule has 1 atom stereocenters. The highest BCUT2D eigenvalue weighted by Gasteiger charge is 2.27. The van der Waals surface area contributed by atoms with Gasteiger partial charge in [-0.25, -0.2) is 9.97 Å². The van der Waals surface area contributed by atoms with Gasteiger partial charge in [-0.05, 0) is 13.5 Å². The Balaban J connectivity index is 1.63. The van der Waals surface area contributed by atoms with Crippen LogP contribution in [0.25, 0.3) is 0 Å². The molecule has 8 heteroatoms. The fourth-order valence-corrected chi connectivity index (χ4v) is 2.65. The molecule has 0 bridgehead atoms. The topological polar surface area (TPSA) is 90.5 Å². The molecule has 2 saturated heterocycles. The van der Waals surface area contributed by atoms with Crippen LogP contribution in [-0.2, 0) is 9.59 Å². The summed E-state index contributed by atoms with van der Waals surface area (Å²) in [6.45, 7) is 3.78. The van der Waals surface area contributed by atoms with E-state index in [1.807, 2.05) is 0 Å². The molecule has 22 heavy (non-hydrogen) atoms. The minimum atomic E-state index is -0.463. The van der Waals surface area contributed by atoms with E-state index in [4.69, 9.17) is 0 Å². The van der Waals surface area contributed by atoms with Gasteiger partial charge in [0.1, 0.15) is 24.0 Å². The summed E-state index contributed by atoms with van der Waals surface area (Å²) in [5.74, 6) is 0.971. The maximum atomic E-state index is 12.1. The zero-order valence-electron chi connectivity index (χ0n) is 12.6. The molecular formula is C14H20N6O2. The van der Waals surface area contributed by atoms with Crippen molar-refractivity contribution in [2.75, 3.05) is 43.4 Å². The summed E-state index contributed by atoms with van der Waals surface area (Å²) in [5, 5.41) is 5.40.